The van der Waals surface area contributed by atoms with Gasteiger partial charge in [-0.2, -0.15) is 0 Å². The van der Waals surface area contributed by atoms with Crippen molar-refractivity contribution in [2.24, 2.45) is 0 Å². The maximum absolute atomic E-state index is 13.1. The molecule has 0 aliphatic carbocycles. The van der Waals surface area contributed by atoms with Crippen molar-refractivity contribution in [1.29, 1.82) is 0 Å². The molecule has 0 unspecified atom stereocenters. The Kier molecular flexibility index (Phi) is 12.9. The molecule has 2 aliphatic rings. The number of halogens is 3. The number of nitrogens with zero attached hydrogens (tertiary/aromatic N) is 4. The number of fused-ring (bicyclic) bond motifs is 2. The van der Waals surface area contributed by atoms with Crippen LogP contribution in [0.3, 0.4) is 0 Å². The van der Waals surface area contributed by atoms with Crippen LogP contribution in [0.25, 0.3) is 22.5 Å². The molecule has 4 heterocycles. The first-order valence-electron chi connectivity index (χ1n) is 17.5. The van der Waals surface area contributed by atoms with E-state index >= 15 is 0 Å². The predicted molar refractivity (Wildman–Crippen MR) is 202 cm³/mol. The van der Waals surface area contributed by atoms with Crippen LogP contribution in [-0.4, -0.2) is 51.6 Å². The zero-order valence-corrected chi connectivity index (χ0v) is 30.6. The molecule has 6 aromatic rings. The lowest BCUT2D eigenvalue weighted by Crippen LogP contribution is -2.10. The molecule has 1 N–H and O–H groups in total. The number of ether oxygens (including phenoxy) is 3. The molecule has 53 heavy (non-hydrogen) atoms. The predicted octanol–water partition coefficient (Wildman–Crippen LogP) is 9.00. The molecule has 276 valence electrons. The summed E-state index contributed by atoms with van der Waals surface area (Å²) < 4.78 is 46.2. The SMILES string of the molecule is COc1ccc(CCl)cc1.COc1ccc(COC[C@@H]2CCc3nc(-c4ccc(F)cc4)cn32)cc1.OC[C@@H]1CCc2nc(-c3ccc(F)cc3)cn21. The third-order valence-corrected chi connectivity index (χ3v) is 9.66. The van der Waals surface area contributed by atoms with Gasteiger partial charge in [-0.1, -0.05) is 24.3 Å². The molecule has 11 heteroatoms. The molecule has 0 bridgehead atoms. The summed E-state index contributed by atoms with van der Waals surface area (Å²) in [6, 6.07) is 28.8. The highest BCUT2D eigenvalue weighted by Crippen LogP contribution is 2.31. The highest BCUT2D eigenvalue weighted by atomic mass is 35.5. The van der Waals surface area contributed by atoms with E-state index in [1.807, 2.05) is 59.3 Å². The maximum Gasteiger partial charge on any atom is 0.123 e. The van der Waals surface area contributed by atoms with Gasteiger partial charge in [-0.25, -0.2) is 18.7 Å². The van der Waals surface area contributed by atoms with Gasteiger partial charge in [0, 0.05) is 42.2 Å². The van der Waals surface area contributed by atoms with E-state index in [4.69, 9.17) is 30.8 Å². The van der Waals surface area contributed by atoms with E-state index in [1.165, 1.54) is 24.3 Å². The van der Waals surface area contributed by atoms with Crippen molar-refractivity contribution in [2.75, 3.05) is 27.4 Å². The van der Waals surface area contributed by atoms with Crippen LogP contribution in [0.2, 0.25) is 0 Å². The quantitative estimate of drug-likeness (QED) is 0.141. The van der Waals surface area contributed by atoms with Crippen LogP contribution < -0.4 is 9.47 Å². The average molecular weight is 741 g/mol. The summed E-state index contributed by atoms with van der Waals surface area (Å²) in [5, 5.41) is 9.23. The number of aromatic nitrogens is 4. The third-order valence-electron chi connectivity index (χ3n) is 9.35. The van der Waals surface area contributed by atoms with Crippen LogP contribution in [0.1, 0.15) is 47.7 Å². The van der Waals surface area contributed by atoms with Crippen LogP contribution in [0.4, 0.5) is 8.78 Å². The Bertz CT molecular complexity index is 2010. The summed E-state index contributed by atoms with van der Waals surface area (Å²) >= 11 is 5.58. The second-order valence-electron chi connectivity index (χ2n) is 12.8. The number of methoxy groups -OCH3 is 2. The highest BCUT2D eigenvalue weighted by molar-refractivity contribution is 6.17. The molecule has 0 amide bonds. The van der Waals surface area contributed by atoms with Gasteiger partial charge in [0.25, 0.3) is 0 Å². The van der Waals surface area contributed by atoms with E-state index in [9.17, 15) is 13.9 Å². The van der Waals surface area contributed by atoms with Crippen LogP contribution in [0.5, 0.6) is 11.5 Å². The fourth-order valence-corrected chi connectivity index (χ4v) is 6.53. The topological polar surface area (TPSA) is 83.6 Å². The van der Waals surface area contributed by atoms with Crippen LogP contribution in [0, 0.1) is 11.6 Å². The first kappa shape index (κ1) is 37.7. The van der Waals surface area contributed by atoms with Gasteiger partial charge < -0.3 is 28.5 Å². The molecule has 8 nitrogen and oxygen atoms in total. The van der Waals surface area contributed by atoms with Crippen molar-refractivity contribution in [3.8, 4) is 34.0 Å². The average Bonchev–Trinajstić information content (AvgIpc) is 3.99. The molecule has 0 fully saturated rings. The number of aryl methyl sites for hydroxylation is 2. The Balaban J connectivity index is 0.000000152. The van der Waals surface area contributed by atoms with Gasteiger partial charge in [0.1, 0.15) is 34.8 Å². The summed E-state index contributed by atoms with van der Waals surface area (Å²) in [6.07, 6.45) is 7.81. The second-order valence-corrected chi connectivity index (χ2v) is 13.1. The molecular formula is C42H43ClF2N4O4. The normalized spacial score (nSPS) is 15.4. The first-order chi connectivity index (χ1) is 25.9. The van der Waals surface area contributed by atoms with E-state index in [2.05, 4.69) is 15.7 Å². The summed E-state index contributed by atoms with van der Waals surface area (Å²) in [4.78, 5) is 9.22. The lowest BCUT2D eigenvalue weighted by molar-refractivity contribution is 0.0921. The fourth-order valence-electron chi connectivity index (χ4n) is 6.35. The van der Waals surface area contributed by atoms with E-state index in [1.54, 1.807) is 38.5 Å². The molecule has 0 spiro atoms. The van der Waals surface area contributed by atoms with Gasteiger partial charge in [-0.3, -0.25) is 0 Å². The van der Waals surface area contributed by atoms with Crippen molar-refractivity contribution in [3.63, 3.8) is 0 Å². The van der Waals surface area contributed by atoms with Gasteiger partial charge >= 0.3 is 0 Å². The number of aliphatic hydroxyl groups is 1. The lowest BCUT2D eigenvalue weighted by atomic mass is 10.1. The van der Waals surface area contributed by atoms with Crippen LogP contribution in [0.15, 0.2) is 109 Å². The molecule has 2 atom stereocenters. The highest BCUT2D eigenvalue weighted by Gasteiger charge is 2.25. The molecule has 8 rings (SSSR count). The number of rotatable bonds is 10. The summed E-state index contributed by atoms with van der Waals surface area (Å²) in [6.45, 7) is 1.37. The van der Waals surface area contributed by atoms with E-state index in [0.717, 1.165) is 82.5 Å². The zero-order chi connectivity index (χ0) is 37.2. The van der Waals surface area contributed by atoms with Crippen molar-refractivity contribution in [2.45, 2.75) is 50.3 Å². The van der Waals surface area contributed by atoms with E-state index in [-0.39, 0.29) is 24.3 Å². The maximum atomic E-state index is 13.1. The molecule has 2 aliphatic heterocycles. The largest absolute Gasteiger partial charge is 0.497 e. The summed E-state index contributed by atoms with van der Waals surface area (Å²) in [5.41, 5.74) is 5.82. The van der Waals surface area contributed by atoms with Crippen molar-refractivity contribution in [1.82, 2.24) is 19.1 Å². The molecule has 0 saturated heterocycles. The Hall–Kier alpha value is -5.03. The van der Waals surface area contributed by atoms with Gasteiger partial charge in [-0.05, 0) is 96.8 Å². The Morgan fingerprint density at radius 2 is 1.11 bits per heavy atom. The van der Waals surface area contributed by atoms with Gasteiger partial charge in [0.05, 0.1) is 57.5 Å². The fraction of sp³-hybridized carbons (Fsp3) is 0.286. The van der Waals surface area contributed by atoms with Gasteiger partial charge in [-0.15, -0.1) is 11.6 Å². The van der Waals surface area contributed by atoms with E-state index < -0.39 is 0 Å². The Labute approximate surface area is 313 Å². The van der Waals surface area contributed by atoms with Gasteiger partial charge in [0.15, 0.2) is 0 Å². The summed E-state index contributed by atoms with van der Waals surface area (Å²) in [5.74, 6) is 3.88. The monoisotopic (exact) mass is 740 g/mol. The number of aliphatic hydroxyl groups excluding tert-OH is 1. The van der Waals surface area contributed by atoms with Crippen LogP contribution >= 0.6 is 11.6 Å². The number of imidazole rings is 2. The Morgan fingerprint density at radius 3 is 1.57 bits per heavy atom. The molecular weight excluding hydrogens is 698 g/mol. The minimum atomic E-state index is -0.242. The molecule has 2 aromatic heterocycles. The Morgan fingerprint density at radius 1 is 0.660 bits per heavy atom. The number of benzene rings is 4. The second kappa shape index (κ2) is 18.1. The summed E-state index contributed by atoms with van der Waals surface area (Å²) in [7, 11) is 3.31. The van der Waals surface area contributed by atoms with Crippen molar-refractivity contribution in [3.05, 3.63) is 144 Å². The molecule has 0 saturated carbocycles. The smallest absolute Gasteiger partial charge is 0.123 e. The molecule has 0 radical (unpaired) electrons. The minimum absolute atomic E-state index is 0.145. The van der Waals surface area contributed by atoms with Crippen molar-refractivity contribution >= 4 is 11.6 Å². The first-order valence-corrected chi connectivity index (χ1v) is 18.1. The molecule has 4 aromatic carbocycles. The van der Waals surface area contributed by atoms with Crippen LogP contribution in [-0.2, 0) is 30.1 Å². The van der Waals surface area contributed by atoms with Crippen molar-refractivity contribution < 1.29 is 28.1 Å². The zero-order valence-electron chi connectivity index (χ0n) is 29.8. The number of hydrogen-bond acceptors (Lipinski definition) is 6. The number of alkyl halides is 1. The third kappa shape index (κ3) is 9.70. The lowest BCUT2D eigenvalue weighted by Gasteiger charge is -2.13. The standard InChI is InChI=1S/C21H21FN2O2.C13H13FN2O.C8H9ClO/c1-25-19-9-2-15(3-10-19)13-26-14-18-8-11-21-23-20(12-24(18)21)16-4-6-17(22)7-5-16;14-10-3-1-9(2-4-10)12-7-16-11(8-17)5-6-13(16)15-12;1-10-8-4-2-7(6-9)3-5-8/h2-7,9-10,12,18H,8,11,13-14H2,1H3;1-4,7,11,17H,5-6,8H2;2-5H,6H2,1H3/t18-;11-;/m00./s1. The van der Waals surface area contributed by atoms with E-state index in [0.29, 0.717) is 25.1 Å². The minimum Gasteiger partial charge on any atom is -0.497 e. The number of hydrogen-bond donors (Lipinski definition) is 1. The van der Waals surface area contributed by atoms with Gasteiger partial charge in [0.2, 0.25) is 0 Å².